The predicted molar refractivity (Wildman–Crippen MR) is 44.1 cm³/mol. The number of aldehydes is 1. The predicted octanol–water partition coefficient (Wildman–Crippen LogP) is 1.03. The number of carbonyl (C=O) groups excluding carboxylic acids is 1. The number of alkyl halides is 2. The standard InChI is InChI=1S/C7H4F2N2O4/c8-5(9)4-1-3(2-12)6(11(14)15)10-7(4)13/h1-2,5H,(H,10,13). The van der Waals surface area contributed by atoms with Crippen LogP contribution in [0.4, 0.5) is 14.6 Å². The molecular weight excluding hydrogens is 214 g/mol. The zero-order chi connectivity index (χ0) is 11.6. The van der Waals surface area contributed by atoms with Crippen LogP contribution in [0.25, 0.3) is 0 Å². The third kappa shape index (κ3) is 2.03. The molecular formula is C7H4F2N2O4. The maximum atomic E-state index is 12.2. The maximum absolute atomic E-state index is 12.2. The lowest BCUT2D eigenvalue weighted by Gasteiger charge is -2.00. The number of nitrogens with zero attached hydrogens (tertiary/aromatic N) is 1. The van der Waals surface area contributed by atoms with Gasteiger partial charge in [0.05, 0.1) is 0 Å². The number of hydrogen-bond acceptors (Lipinski definition) is 4. The van der Waals surface area contributed by atoms with E-state index in [-0.39, 0.29) is 6.29 Å². The van der Waals surface area contributed by atoms with E-state index in [0.717, 1.165) is 0 Å². The van der Waals surface area contributed by atoms with Gasteiger partial charge in [-0.25, -0.2) is 18.6 Å². The molecule has 0 unspecified atom stereocenters. The van der Waals surface area contributed by atoms with E-state index < -0.39 is 33.9 Å². The first-order chi connectivity index (χ1) is 6.97. The monoisotopic (exact) mass is 218 g/mol. The van der Waals surface area contributed by atoms with Crippen LogP contribution in [0.5, 0.6) is 0 Å². The lowest BCUT2D eigenvalue weighted by molar-refractivity contribution is -0.389. The Kier molecular flexibility index (Phi) is 2.88. The van der Waals surface area contributed by atoms with Crippen molar-refractivity contribution in [2.75, 3.05) is 0 Å². The van der Waals surface area contributed by atoms with Crippen molar-refractivity contribution in [2.45, 2.75) is 6.43 Å². The Morgan fingerprint density at radius 1 is 1.53 bits per heavy atom. The quantitative estimate of drug-likeness (QED) is 0.465. The molecule has 15 heavy (non-hydrogen) atoms. The van der Waals surface area contributed by atoms with E-state index >= 15 is 0 Å². The fourth-order valence-corrected chi connectivity index (χ4v) is 0.956. The van der Waals surface area contributed by atoms with E-state index in [2.05, 4.69) is 0 Å². The second-order valence-electron chi connectivity index (χ2n) is 2.53. The maximum Gasteiger partial charge on any atom is 0.340 e. The first-order valence-corrected chi connectivity index (χ1v) is 3.62. The van der Waals surface area contributed by atoms with Crippen molar-refractivity contribution in [1.29, 1.82) is 0 Å². The molecule has 0 aliphatic carbocycles. The third-order valence-corrected chi connectivity index (χ3v) is 1.62. The lowest BCUT2D eigenvalue weighted by atomic mass is 10.2. The summed E-state index contributed by atoms with van der Waals surface area (Å²) in [5.74, 6) is -0.889. The van der Waals surface area contributed by atoms with Crippen molar-refractivity contribution >= 4 is 12.1 Å². The second kappa shape index (κ2) is 3.95. The molecule has 6 nitrogen and oxygen atoms in total. The summed E-state index contributed by atoms with van der Waals surface area (Å²) in [4.78, 5) is 32.1. The van der Waals surface area contributed by atoms with Crippen LogP contribution >= 0.6 is 0 Å². The van der Waals surface area contributed by atoms with E-state index in [4.69, 9.17) is 0 Å². The average molecular weight is 218 g/mol. The largest absolute Gasteiger partial charge is 0.358 e. The fraction of sp³-hybridized carbons (Fsp3) is 0.143. The van der Waals surface area contributed by atoms with Crippen LogP contribution in [0.2, 0.25) is 0 Å². The number of hydrogen-bond donors (Lipinski definition) is 1. The molecule has 0 aliphatic rings. The molecule has 0 bridgehead atoms. The zero-order valence-electron chi connectivity index (χ0n) is 7.07. The van der Waals surface area contributed by atoms with E-state index in [1.54, 1.807) is 4.98 Å². The van der Waals surface area contributed by atoms with Crippen LogP contribution in [0.15, 0.2) is 10.9 Å². The number of H-pyrrole nitrogens is 1. The Morgan fingerprint density at radius 2 is 2.13 bits per heavy atom. The number of aromatic nitrogens is 1. The lowest BCUT2D eigenvalue weighted by Crippen LogP contribution is -2.16. The van der Waals surface area contributed by atoms with Gasteiger partial charge in [0, 0.05) is 0 Å². The number of rotatable bonds is 3. The van der Waals surface area contributed by atoms with Crippen LogP contribution in [0, 0.1) is 10.1 Å². The SMILES string of the molecule is O=Cc1cc(C(F)F)c(=O)[nH]c1[N+](=O)[O-]. The number of nitro groups is 1. The van der Waals surface area contributed by atoms with Crippen LogP contribution in [-0.2, 0) is 0 Å². The second-order valence-corrected chi connectivity index (χ2v) is 2.53. The van der Waals surface area contributed by atoms with Crippen LogP contribution in [-0.4, -0.2) is 16.2 Å². The van der Waals surface area contributed by atoms with Gasteiger partial charge in [-0.3, -0.25) is 4.79 Å². The zero-order valence-corrected chi connectivity index (χ0v) is 7.07. The molecule has 1 aromatic heterocycles. The summed E-state index contributed by atoms with van der Waals surface area (Å²) >= 11 is 0. The number of halogens is 2. The summed E-state index contributed by atoms with van der Waals surface area (Å²) < 4.78 is 24.3. The smallest absolute Gasteiger partial charge is 0.340 e. The van der Waals surface area contributed by atoms with E-state index in [0.29, 0.717) is 6.07 Å². The Hall–Kier alpha value is -2.12. The summed E-state index contributed by atoms with van der Waals surface area (Å²) in [5.41, 5.74) is -2.83. The number of carbonyl (C=O) groups is 1. The van der Waals surface area contributed by atoms with E-state index in [1.165, 1.54) is 0 Å². The first-order valence-electron chi connectivity index (χ1n) is 3.62. The van der Waals surface area contributed by atoms with Gasteiger partial charge in [0.2, 0.25) is 0 Å². The molecule has 1 heterocycles. The van der Waals surface area contributed by atoms with Gasteiger partial charge in [-0.05, 0) is 11.0 Å². The minimum Gasteiger partial charge on any atom is -0.358 e. The summed E-state index contributed by atoms with van der Waals surface area (Å²) in [7, 11) is 0. The van der Waals surface area contributed by atoms with Gasteiger partial charge in [0.15, 0.2) is 6.29 Å². The molecule has 0 fully saturated rings. The molecule has 1 N–H and O–H groups in total. The Bertz CT molecular complexity index is 469. The van der Waals surface area contributed by atoms with Crippen molar-refractivity contribution in [2.24, 2.45) is 0 Å². The molecule has 1 rings (SSSR count). The molecule has 0 amide bonds. The summed E-state index contributed by atoms with van der Waals surface area (Å²) in [5, 5.41) is 10.3. The van der Waals surface area contributed by atoms with Gasteiger partial charge in [0.1, 0.15) is 11.1 Å². The third-order valence-electron chi connectivity index (χ3n) is 1.62. The van der Waals surface area contributed by atoms with Gasteiger partial charge in [-0.1, -0.05) is 0 Å². The van der Waals surface area contributed by atoms with Gasteiger partial charge in [0.25, 0.3) is 6.43 Å². The molecule has 0 radical (unpaired) electrons. The number of aromatic amines is 1. The van der Waals surface area contributed by atoms with Gasteiger partial charge >= 0.3 is 11.4 Å². The summed E-state index contributed by atoms with van der Waals surface area (Å²) in [6.45, 7) is 0. The molecule has 80 valence electrons. The van der Waals surface area contributed by atoms with E-state index in [1.807, 2.05) is 0 Å². The van der Waals surface area contributed by atoms with Gasteiger partial charge in [-0.2, -0.15) is 0 Å². The van der Waals surface area contributed by atoms with Crippen LogP contribution in [0.3, 0.4) is 0 Å². The number of pyridine rings is 1. The molecule has 1 aromatic rings. The minimum atomic E-state index is -3.09. The summed E-state index contributed by atoms with van der Waals surface area (Å²) in [6, 6.07) is 0.509. The highest BCUT2D eigenvalue weighted by atomic mass is 19.3. The van der Waals surface area contributed by atoms with Crippen molar-refractivity contribution in [3.05, 3.63) is 37.7 Å². The van der Waals surface area contributed by atoms with Crippen molar-refractivity contribution in [3.63, 3.8) is 0 Å². The topological polar surface area (TPSA) is 93.1 Å². The van der Waals surface area contributed by atoms with Gasteiger partial charge < -0.3 is 10.1 Å². The Balaban J connectivity index is 3.49. The van der Waals surface area contributed by atoms with Crippen LogP contribution in [0.1, 0.15) is 22.3 Å². The molecule has 0 saturated carbocycles. The highest BCUT2D eigenvalue weighted by Gasteiger charge is 2.21. The average Bonchev–Trinajstić information content (AvgIpc) is 2.16. The summed E-state index contributed by atoms with van der Waals surface area (Å²) in [6.07, 6.45) is -3.06. The van der Waals surface area contributed by atoms with Crippen molar-refractivity contribution < 1.29 is 18.5 Å². The van der Waals surface area contributed by atoms with Crippen LogP contribution < -0.4 is 5.56 Å². The molecule has 8 heteroatoms. The first kappa shape index (κ1) is 11.0. The molecule has 0 aliphatic heterocycles. The highest BCUT2D eigenvalue weighted by molar-refractivity contribution is 5.80. The fourth-order valence-electron chi connectivity index (χ4n) is 0.956. The number of nitrogens with one attached hydrogen (secondary N) is 1. The van der Waals surface area contributed by atoms with E-state index in [9.17, 15) is 28.5 Å². The Labute approximate surface area is 80.7 Å². The normalized spacial score (nSPS) is 10.3. The highest BCUT2D eigenvalue weighted by Crippen LogP contribution is 2.19. The van der Waals surface area contributed by atoms with Crippen molar-refractivity contribution in [3.8, 4) is 0 Å². The Morgan fingerprint density at radius 3 is 2.53 bits per heavy atom. The minimum absolute atomic E-state index is 0.0277. The molecule has 0 spiro atoms. The molecule has 0 aromatic carbocycles. The van der Waals surface area contributed by atoms with Crippen molar-refractivity contribution in [1.82, 2.24) is 4.98 Å². The molecule has 0 saturated heterocycles. The van der Waals surface area contributed by atoms with Gasteiger partial charge in [-0.15, -0.1) is 0 Å². The molecule has 0 atom stereocenters.